The van der Waals surface area contributed by atoms with Crippen LogP contribution in [0.5, 0.6) is 0 Å². The predicted molar refractivity (Wildman–Crippen MR) is 73.4 cm³/mol. The molecule has 0 saturated carbocycles. The number of carbonyl (C=O) groups is 1. The highest BCUT2D eigenvalue weighted by atomic mass is 19.1. The zero-order valence-electron chi connectivity index (χ0n) is 10.6. The standard InChI is InChI=1S/C15H15FN2O/c1-11-6-5-9-13(16)14(11)18-15(19)17-10-12-7-3-2-4-8-12/h2-9H,10H2,1H3,(H2,17,18,19). The van der Waals surface area contributed by atoms with E-state index in [9.17, 15) is 9.18 Å². The smallest absolute Gasteiger partial charge is 0.319 e. The fourth-order valence-corrected chi connectivity index (χ4v) is 1.73. The molecule has 0 fully saturated rings. The van der Waals surface area contributed by atoms with Crippen molar-refractivity contribution in [2.45, 2.75) is 13.5 Å². The highest BCUT2D eigenvalue weighted by Crippen LogP contribution is 2.18. The van der Waals surface area contributed by atoms with Crippen LogP contribution in [0.2, 0.25) is 0 Å². The first-order valence-electron chi connectivity index (χ1n) is 6.00. The molecule has 2 N–H and O–H groups in total. The van der Waals surface area contributed by atoms with Crippen molar-refractivity contribution in [3.05, 3.63) is 65.5 Å². The summed E-state index contributed by atoms with van der Waals surface area (Å²) in [6.45, 7) is 2.15. The van der Waals surface area contributed by atoms with E-state index in [0.717, 1.165) is 5.56 Å². The SMILES string of the molecule is Cc1cccc(F)c1NC(=O)NCc1ccccc1. The minimum atomic E-state index is -0.435. The van der Waals surface area contributed by atoms with Gasteiger partial charge in [0.25, 0.3) is 0 Å². The lowest BCUT2D eigenvalue weighted by molar-refractivity contribution is 0.251. The highest BCUT2D eigenvalue weighted by molar-refractivity contribution is 5.90. The van der Waals surface area contributed by atoms with E-state index in [1.807, 2.05) is 30.3 Å². The number of aryl methyl sites for hydroxylation is 1. The van der Waals surface area contributed by atoms with Crippen molar-refractivity contribution in [1.29, 1.82) is 0 Å². The van der Waals surface area contributed by atoms with Gasteiger partial charge in [-0.25, -0.2) is 9.18 Å². The fraction of sp³-hybridized carbons (Fsp3) is 0.133. The van der Waals surface area contributed by atoms with E-state index in [1.54, 1.807) is 19.1 Å². The van der Waals surface area contributed by atoms with Crippen molar-refractivity contribution in [2.24, 2.45) is 0 Å². The number of hydrogen-bond acceptors (Lipinski definition) is 1. The monoisotopic (exact) mass is 258 g/mol. The number of benzene rings is 2. The Morgan fingerprint density at radius 3 is 2.53 bits per heavy atom. The lowest BCUT2D eigenvalue weighted by Crippen LogP contribution is -2.28. The van der Waals surface area contributed by atoms with E-state index in [4.69, 9.17) is 0 Å². The number of para-hydroxylation sites is 1. The van der Waals surface area contributed by atoms with Crippen LogP contribution >= 0.6 is 0 Å². The molecule has 2 aromatic carbocycles. The molecule has 3 nitrogen and oxygen atoms in total. The molecule has 0 saturated heterocycles. The first-order valence-corrected chi connectivity index (χ1v) is 6.00. The highest BCUT2D eigenvalue weighted by Gasteiger charge is 2.08. The molecule has 4 heteroatoms. The van der Waals surface area contributed by atoms with Crippen molar-refractivity contribution in [3.8, 4) is 0 Å². The maximum atomic E-state index is 13.5. The summed E-state index contributed by atoms with van der Waals surface area (Å²) in [6.07, 6.45) is 0. The van der Waals surface area contributed by atoms with E-state index >= 15 is 0 Å². The second-order valence-corrected chi connectivity index (χ2v) is 4.23. The van der Waals surface area contributed by atoms with Crippen LogP contribution < -0.4 is 10.6 Å². The molecule has 0 heterocycles. The third-order valence-corrected chi connectivity index (χ3v) is 2.76. The zero-order chi connectivity index (χ0) is 13.7. The Kier molecular flexibility index (Phi) is 4.13. The molecule has 0 unspecified atom stereocenters. The van der Waals surface area contributed by atoms with Crippen LogP contribution in [-0.2, 0) is 6.54 Å². The molecular weight excluding hydrogens is 243 g/mol. The van der Waals surface area contributed by atoms with Crippen LogP contribution in [0, 0.1) is 12.7 Å². The van der Waals surface area contributed by atoms with Gasteiger partial charge in [0.15, 0.2) is 0 Å². The molecule has 0 aliphatic heterocycles. The van der Waals surface area contributed by atoms with E-state index in [1.165, 1.54) is 6.07 Å². The molecule has 0 radical (unpaired) electrons. The summed E-state index contributed by atoms with van der Waals surface area (Å²) in [4.78, 5) is 11.7. The number of halogens is 1. The van der Waals surface area contributed by atoms with Gasteiger partial charge in [-0.3, -0.25) is 0 Å². The van der Waals surface area contributed by atoms with Crippen molar-refractivity contribution in [3.63, 3.8) is 0 Å². The molecule has 0 aliphatic rings. The van der Waals surface area contributed by atoms with E-state index in [0.29, 0.717) is 12.1 Å². The quantitative estimate of drug-likeness (QED) is 0.869. The van der Waals surface area contributed by atoms with Gasteiger partial charge in [-0.2, -0.15) is 0 Å². The van der Waals surface area contributed by atoms with Gasteiger partial charge in [0, 0.05) is 6.54 Å². The molecule has 2 aromatic rings. The van der Waals surface area contributed by atoms with Gasteiger partial charge in [-0.15, -0.1) is 0 Å². The third-order valence-electron chi connectivity index (χ3n) is 2.76. The average molecular weight is 258 g/mol. The number of carbonyl (C=O) groups excluding carboxylic acids is 1. The minimum absolute atomic E-state index is 0.216. The number of hydrogen-bond donors (Lipinski definition) is 2. The minimum Gasteiger partial charge on any atom is -0.334 e. The van der Waals surface area contributed by atoms with Crippen LogP contribution in [-0.4, -0.2) is 6.03 Å². The Bertz CT molecular complexity index is 549. The summed E-state index contributed by atoms with van der Waals surface area (Å²) in [5.41, 5.74) is 1.89. The summed E-state index contributed by atoms with van der Waals surface area (Å²) < 4.78 is 13.5. The van der Waals surface area contributed by atoms with Gasteiger partial charge in [0.1, 0.15) is 5.82 Å². The molecule has 2 amide bonds. The Morgan fingerprint density at radius 2 is 1.84 bits per heavy atom. The molecule has 0 spiro atoms. The van der Waals surface area contributed by atoms with Crippen molar-refractivity contribution in [1.82, 2.24) is 5.32 Å². The van der Waals surface area contributed by atoms with E-state index in [-0.39, 0.29) is 5.69 Å². The third kappa shape index (κ3) is 3.55. The van der Waals surface area contributed by atoms with Gasteiger partial charge < -0.3 is 10.6 Å². The van der Waals surface area contributed by atoms with Crippen molar-refractivity contribution in [2.75, 3.05) is 5.32 Å². The topological polar surface area (TPSA) is 41.1 Å². The van der Waals surface area contributed by atoms with Crippen LogP contribution in [0.4, 0.5) is 14.9 Å². The molecule has 0 atom stereocenters. The first kappa shape index (κ1) is 13.1. The molecule has 98 valence electrons. The number of urea groups is 1. The largest absolute Gasteiger partial charge is 0.334 e. The van der Waals surface area contributed by atoms with Crippen LogP contribution in [0.15, 0.2) is 48.5 Å². The molecular formula is C15H15FN2O. The fourth-order valence-electron chi connectivity index (χ4n) is 1.73. The Morgan fingerprint density at radius 1 is 1.11 bits per heavy atom. The Labute approximate surface area is 111 Å². The molecule has 0 aromatic heterocycles. The maximum absolute atomic E-state index is 13.5. The predicted octanol–water partition coefficient (Wildman–Crippen LogP) is 3.46. The number of rotatable bonds is 3. The van der Waals surface area contributed by atoms with Gasteiger partial charge in [0.05, 0.1) is 5.69 Å². The second-order valence-electron chi connectivity index (χ2n) is 4.23. The zero-order valence-corrected chi connectivity index (χ0v) is 10.6. The number of nitrogens with one attached hydrogen (secondary N) is 2. The lowest BCUT2D eigenvalue weighted by Gasteiger charge is -2.10. The Hall–Kier alpha value is -2.36. The van der Waals surface area contributed by atoms with E-state index in [2.05, 4.69) is 10.6 Å². The summed E-state index contributed by atoms with van der Waals surface area (Å²) in [5.74, 6) is -0.435. The normalized spacial score (nSPS) is 10.0. The van der Waals surface area contributed by atoms with Crippen molar-refractivity contribution >= 4 is 11.7 Å². The molecule has 19 heavy (non-hydrogen) atoms. The Balaban J connectivity index is 1.95. The van der Waals surface area contributed by atoms with Crippen LogP contribution in [0.3, 0.4) is 0 Å². The van der Waals surface area contributed by atoms with Gasteiger partial charge in [-0.05, 0) is 24.1 Å². The summed E-state index contributed by atoms with van der Waals surface area (Å²) in [6, 6.07) is 13.8. The van der Waals surface area contributed by atoms with Gasteiger partial charge in [0.2, 0.25) is 0 Å². The number of amides is 2. The molecule has 2 rings (SSSR count). The maximum Gasteiger partial charge on any atom is 0.319 e. The summed E-state index contributed by atoms with van der Waals surface area (Å²) >= 11 is 0. The van der Waals surface area contributed by atoms with Crippen LogP contribution in [0.25, 0.3) is 0 Å². The van der Waals surface area contributed by atoms with Crippen molar-refractivity contribution < 1.29 is 9.18 Å². The van der Waals surface area contributed by atoms with Crippen LogP contribution in [0.1, 0.15) is 11.1 Å². The van der Waals surface area contributed by atoms with Gasteiger partial charge >= 0.3 is 6.03 Å². The lowest BCUT2D eigenvalue weighted by atomic mass is 10.2. The molecule has 0 aliphatic carbocycles. The second kappa shape index (κ2) is 6.00. The van der Waals surface area contributed by atoms with Gasteiger partial charge in [-0.1, -0.05) is 42.5 Å². The summed E-state index contributed by atoms with van der Waals surface area (Å²) in [5, 5.41) is 5.21. The molecule has 0 bridgehead atoms. The summed E-state index contributed by atoms with van der Waals surface area (Å²) in [7, 11) is 0. The van der Waals surface area contributed by atoms with E-state index < -0.39 is 11.8 Å². The first-order chi connectivity index (χ1) is 9.16. The number of anilines is 1. The average Bonchev–Trinajstić information content (AvgIpc) is 2.42.